The molecule has 0 aliphatic heterocycles. The molecule has 0 aromatic carbocycles. The topological polar surface area (TPSA) is 81.5 Å². The molecule has 1 heterocycles. The van der Waals surface area contributed by atoms with E-state index in [1.807, 2.05) is 13.8 Å². The van der Waals surface area contributed by atoms with E-state index in [1.165, 1.54) is 11.3 Å². The molecule has 0 spiro atoms. The minimum atomic E-state index is -1.04. The van der Waals surface area contributed by atoms with Gasteiger partial charge in [-0.05, 0) is 18.4 Å². The number of carbonyl (C=O) groups excluding carboxylic acids is 1. The highest BCUT2D eigenvalue weighted by Crippen LogP contribution is 2.33. The summed E-state index contributed by atoms with van der Waals surface area (Å²) in [7, 11) is -1.04. The van der Waals surface area contributed by atoms with E-state index in [2.05, 4.69) is 4.36 Å². The highest BCUT2D eigenvalue weighted by Gasteiger charge is 2.16. The molecule has 0 saturated carbocycles. The van der Waals surface area contributed by atoms with Gasteiger partial charge in [-0.1, -0.05) is 37.0 Å². The molecular weight excluding hydrogens is 313 g/mol. The maximum absolute atomic E-state index is 11.7. The molecule has 0 saturated heterocycles. The molecule has 1 aromatic heterocycles. The highest BCUT2D eigenvalue weighted by atomic mass is 35.5. The number of amides is 1. The molecule has 2 unspecified atom stereocenters. The summed E-state index contributed by atoms with van der Waals surface area (Å²) in [6.45, 7) is 3.99. The third kappa shape index (κ3) is 4.60. The third-order valence-electron chi connectivity index (χ3n) is 2.06. The van der Waals surface area contributed by atoms with Gasteiger partial charge < -0.3 is 5.73 Å². The molecule has 4 N–H and O–H groups in total. The molecule has 2 atom stereocenters. The lowest BCUT2D eigenvalue weighted by Crippen LogP contribution is -2.31. The van der Waals surface area contributed by atoms with Gasteiger partial charge >= 0.3 is 0 Å². The van der Waals surface area contributed by atoms with E-state index in [0.717, 1.165) is 0 Å². The summed E-state index contributed by atoms with van der Waals surface area (Å²) in [6, 6.07) is 1.03. The highest BCUT2D eigenvalue weighted by molar-refractivity contribution is 7.87. The van der Waals surface area contributed by atoms with Crippen molar-refractivity contribution in [1.29, 1.82) is 0 Å². The lowest BCUT2D eigenvalue weighted by molar-refractivity contribution is -0.119. The predicted molar refractivity (Wildman–Crippen MR) is 79.0 cm³/mol. The fourth-order valence-electron chi connectivity index (χ4n) is 1.25. The molecule has 8 heteroatoms. The first-order valence-electron chi connectivity index (χ1n) is 5.26. The fourth-order valence-corrected chi connectivity index (χ4v) is 3.91. The maximum atomic E-state index is 11.7. The summed E-state index contributed by atoms with van der Waals surface area (Å²) >= 11 is 12.9. The minimum Gasteiger partial charge on any atom is -0.320 e. The Morgan fingerprint density at radius 3 is 2.61 bits per heavy atom. The van der Waals surface area contributed by atoms with E-state index in [-0.39, 0.29) is 5.91 Å². The molecule has 0 radical (unpaired) electrons. The van der Waals surface area contributed by atoms with Gasteiger partial charge in [0.2, 0.25) is 0 Å². The van der Waals surface area contributed by atoms with Crippen molar-refractivity contribution in [2.45, 2.75) is 30.5 Å². The van der Waals surface area contributed by atoms with Crippen LogP contribution in [0.5, 0.6) is 0 Å². The van der Waals surface area contributed by atoms with Crippen LogP contribution in [0.15, 0.2) is 14.6 Å². The number of thiophene rings is 1. The van der Waals surface area contributed by atoms with Crippen molar-refractivity contribution in [3.8, 4) is 0 Å². The lowest BCUT2D eigenvalue weighted by atomic mass is 10.0. The van der Waals surface area contributed by atoms with Crippen LogP contribution in [0.4, 0.5) is 0 Å². The van der Waals surface area contributed by atoms with Gasteiger partial charge in [0.25, 0.3) is 5.91 Å². The van der Waals surface area contributed by atoms with Crippen LogP contribution in [0.2, 0.25) is 9.36 Å². The summed E-state index contributed by atoms with van der Waals surface area (Å²) in [6.07, 6.45) is 0.589. The quantitative estimate of drug-likeness (QED) is 0.891. The van der Waals surface area contributed by atoms with Crippen LogP contribution in [0.1, 0.15) is 20.3 Å². The Kier molecular flexibility index (Phi) is 6.23. The molecule has 0 aliphatic carbocycles. The van der Waals surface area contributed by atoms with Crippen LogP contribution in [-0.4, -0.2) is 11.9 Å². The second kappa shape index (κ2) is 6.98. The lowest BCUT2D eigenvalue weighted by Gasteiger charge is -2.10. The van der Waals surface area contributed by atoms with Gasteiger partial charge in [0.05, 0.1) is 15.3 Å². The Morgan fingerprint density at radius 2 is 2.17 bits per heavy atom. The molecule has 0 bridgehead atoms. The van der Waals surface area contributed by atoms with Crippen LogP contribution < -0.4 is 10.9 Å². The maximum Gasteiger partial charge on any atom is 0.269 e. The molecule has 1 amide bonds. The predicted octanol–water partition coefficient (Wildman–Crippen LogP) is 2.99. The molecule has 1 rings (SSSR count). The van der Waals surface area contributed by atoms with E-state index >= 15 is 0 Å². The van der Waals surface area contributed by atoms with Crippen LogP contribution in [0.3, 0.4) is 0 Å². The van der Waals surface area contributed by atoms with Gasteiger partial charge in [0.1, 0.15) is 4.34 Å². The van der Waals surface area contributed by atoms with Crippen molar-refractivity contribution in [2.75, 3.05) is 0 Å². The summed E-state index contributed by atoms with van der Waals surface area (Å²) in [4.78, 5) is 11.7. The summed E-state index contributed by atoms with van der Waals surface area (Å²) in [5.74, 6) is -0.0421. The van der Waals surface area contributed by atoms with E-state index in [4.69, 9.17) is 34.1 Å². The van der Waals surface area contributed by atoms with E-state index in [1.54, 1.807) is 6.07 Å². The van der Waals surface area contributed by atoms with E-state index in [9.17, 15) is 4.79 Å². The second-order valence-corrected chi connectivity index (χ2v) is 7.74. The number of hydrogen-bond acceptors (Lipinski definition) is 3. The molecule has 4 nitrogen and oxygen atoms in total. The summed E-state index contributed by atoms with van der Waals surface area (Å²) < 4.78 is 5.01. The standard InChI is InChI=1S/C10H15Cl2N3OS2/c1-5(2)3-7(13)10(16)15-18(14)8-4-6(11)9(12)17-8/h4-5,7H,3,13H2,1-2H3,(H2,14,15,16). The molecule has 0 fully saturated rings. The smallest absolute Gasteiger partial charge is 0.269 e. The monoisotopic (exact) mass is 327 g/mol. The van der Waals surface area contributed by atoms with Gasteiger partial charge in [-0.3, -0.25) is 9.93 Å². The zero-order valence-corrected chi connectivity index (χ0v) is 13.2. The fraction of sp³-hybridized carbons (Fsp3) is 0.500. The van der Waals surface area contributed by atoms with Crippen LogP contribution in [0, 0.1) is 5.92 Å². The first-order chi connectivity index (χ1) is 8.31. The van der Waals surface area contributed by atoms with Gasteiger partial charge in [0, 0.05) is 10.9 Å². The Labute approximate surface area is 123 Å². The first kappa shape index (κ1) is 16.1. The van der Waals surface area contributed by atoms with Gasteiger partial charge in [-0.25, -0.2) is 0 Å². The Balaban J connectivity index is 2.79. The van der Waals surface area contributed by atoms with Gasteiger partial charge in [-0.2, -0.15) is 4.36 Å². The largest absolute Gasteiger partial charge is 0.320 e. The van der Waals surface area contributed by atoms with Crippen molar-refractivity contribution in [1.82, 2.24) is 0 Å². The Morgan fingerprint density at radius 1 is 1.56 bits per heavy atom. The second-order valence-electron chi connectivity index (χ2n) is 4.17. The number of nitrogens with zero attached hydrogens (tertiary/aromatic N) is 1. The summed E-state index contributed by atoms with van der Waals surface area (Å²) in [5.41, 5.74) is 5.74. The molecule has 18 heavy (non-hydrogen) atoms. The number of nitrogens with two attached hydrogens (primary N) is 2. The molecule has 0 aliphatic rings. The zero-order valence-electron chi connectivity index (χ0n) is 10.0. The summed E-state index contributed by atoms with van der Waals surface area (Å²) in [5, 5.41) is 6.25. The Hall–Kier alpha value is 0.0200. The zero-order chi connectivity index (χ0) is 13.9. The van der Waals surface area contributed by atoms with E-state index in [0.29, 0.717) is 25.9 Å². The number of carbonyl (C=O) groups is 1. The van der Waals surface area contributed by atoms with Crippen molar-refractivity contribution >= 4 is 51.3 Å². The van der Waals surface area contributed by atoms with E-state index < -0.39 is 16.9 Å². The van der Waals surface area contributed by atoms with Crippen LogP contribution in [-0.2, 0) is 15.7 Å². The number of rotatable bonds is 4. The average molecular weight is 328 g/mol. The Bertz CT molecular complexity index is 454. The molecule has 1 aromatic rings. The van der Waals surface area contributed by atoms with Crippen molar-refractivity contribution < 1.29 is 4.79 Å². The van der Waals surface area contributed by atoms with Crippen LogP contribution >= 0.6 is 34.5 Å². The number of halogens is 2. The minimum absolute atomic E-state index is 0.337. The van der Waals surface area contributed by atoms with Gasteiger partial charge in [-0.15, -0.1) is 11.3 Å². The average Bonchev–Trinajstić information content (AvgIpc) is 2.58. The van der Waals surface area contributed by atoms with Crippen LogP contribution in [0.25, 0.3) is 0 Å². The third-order valence-corrected chi connectivity index (χ3v) is 5.39. The molecule has 102 valence electrons. The van der Waals surface area contributed by atoms with Gasteiger partial charge in [0.15, 0.2) is 0 Å². The molecular formula is C10H15Cl2N3OS2. The SMILES string of the molecule is CC(C)CC(N)C(=O)N=S(N)c1cc(Cl)c(Cl)s1. The normalized spacial score (nSPS) is 15.1. The van der Waals surface area contributed by atoms with Crippen molar-refractivity contribution in [3.05, 3.63) is 15.4 Å². The van der Waals surface area contributed by atoms with Crippen molar-refractivity contribution in [3.63, 3.8) is 0 Å². The number of hydrogen-bond donors (Lipinski definition) is 2. The van der Waals surface area contributed by atoms with Crippen molar-refractivity contribution in [2.24, 2.45) is 21.2 Å². The first-order valence-corrected chi connectivity index (χ1v) is 8.07.